The number of aromatic nitrogens is 2. The molecule has 2 aliphatic heterocycles. The monoisotopic (exact) mass is 372 g/mol. The lowest BCUT2D eigenvalue weighted by Crippen LogP contribution is -2.35. The van der Waals surface area contributed by atoms with E-state index in [0.717, 1.165) is 39.1 Å². The molecule has 28 heavy (non-hydrogen) atoms. The van der Waals surface area contributed by atoms with Gasteiger partial charge in [-0.15, -0.1) is 0 Å². The second-order valence-corrected chi connectivity index (χ2v) is 7.13. The molecule has 3 aromatic rings. The number of hydrogen-bond donors (Lipinski definition) is 0. The highest BCUT2D eigenvalue weighted by Crippen LogP contribution is 2.30. The molecule has 5 rings (SSSR count). The van der Waals surface area contributed by atoms with Crippen LogP contribution in [0, 0.1) is 5.82 Å². The zero-order valence-corrected chi connectivity index (χ0v) is 15.1. The highest BCUT2D eigenvalue weighted by atomic mass is 19.1. The first-order chi connectivity index (χ1) is 13.7. The van der Waals surface area contributed by atoms with Crippen LogP contribution in [0.4, 0.5) is 4.39 Å². The fourth-order valence-corrected chi connectivity index (χ4v) is 3.85. The Balaban J connectivity index is 1.44. The predicted octanol–water partition coefficient (Wildman–Crippen LogP) is 3.05. The number of benzene rings is 2. The molecular weight excluding hydrogens is 355 g/mol. The van der Waals surface area contributed by atoms with Crippen LogP contribution < -0.4 is 0 Å². The van der Waals surface area contributed by atoms with Crippen molar-refractivity contribution >= 4 is 11.6 Å². The minimum Gasteiger partial charge on any atom is -0.334 e. The maximum Gasteiger partial charge on any atom is 0.227 e. The van der Waals surface area contributed by atoms with Gasteiger partial charge in [0.05, 0.1) is 31.1 Å². The van der Waals surface area contributed by atoms with Crippen molar-refractivity contribution < 1.29 is 9.18 Å². The van der Waals surface area contributed by atoms with Crippen molar-refractivity contribution in [2.45, 2.75) is 26.1 Å². The summed E-state index contributed by atoms with van der Waals surface area (Å²) < 4.78 is 13.1. The Kier molecular flexibility index (Phi) is 3.97. The molecule has 0 bridgehead atoms. The van der Waals surface area contributed by atoms with Crippen molar-refractivity contribution in [3.8, 4) is 0 Å². The lowest BCUT2D eigenvalue weighted by Gasteiger charge is -2.29. The van der Waals surface area contributed by atoms with Gasteiger partial charge in [-0.3, -0.25) is 9.79 Å². The van der Waals surface area contributed by atoms with Gasteiger partial charge in [0, 0.05) is 24.2 Å². The molecule has 0 N–H and O–H groups in total. The van der Waals surface area contributed by atoms with Gasteiger partial charge in [-0.25, -0.2) is 4.39 Å². The van der Waals surface area contributed by atoms with Gasteiger partial charge in [-0.05, 0) is 46.5 Å². The summed E-state index contributed by atoms with van der Waals surface area (Å²) in [5, 5.41) is 7.79. The molecule has 0 saturated carbocycles. The normalized spacial score (nSPS) is 15.2. The number of halogens is 1. The van der Waals surface area contributed by atoms with E-state index in [0.29, 0.717) is 26.1 Å². The van der Waals surface area contributed by atoms with Crippen LogP contribution in [0.3, 0.4) is 0 Å². The zero-order chi connectivity index (χ0) is 19.1. The summed E-state index contributed by atoms with van der Waals surface area (Å²) in [5.74, 6) is -0.179. The van der Waals surface area contributed by atoms with Gasteiger partial charge >= 0.3 is 0 Å². The average Bonchev–Trinajstić information content (AvgIpc) is 3.12. The van der Waals surface area contributed by atoms with E-state index in [1.165, 1.54) is 12.1 Å². The number of fused-ring (bicyclic) bond motifs is 2. The first kappa shape index (κ1) is 16.7. The Labute approximate surface area is 161 Å². The van der Waals surface area contributed by atoms with E-state index >= 15 is 0 Å². The average molecular weight is 372 g/mol. The molecule has 0 fully saturated rings. The first-order valence-corrected chi connectivity index (χ1v) is 9.16. The topological polar surface area (TPSA) is 58.5 Å². The Morgan fingerprint density at radius 1 is 1.00 bits per heavy atom. The summed E-state index contributed by atoms with van der Waals surface area (Å²) in [5.41, 5.74) is 7.25. The molecule has 3 heterocycles. The lowest BCUT2D eigenvalue weighted by molar-refractivity contribution is -0.132. The number of carbonyl (C=O) groups excluding carboxylic acids is 1. The summed E-state index contributed by atoms with van der Waals surface area (Å²) in [6.45, 7) is 1.64. The largest absolute Gasteiger partial charge is 0.334 e. The highest BCUT2D eigenvalue weighted by molar-refractivity contribution is 6.15. The summed E-state index contributed by atoms with van der Waals surface area (Å²) in [6.07, 6.45) is 3.77. The molecule has 1 amide bonds. The van der Waals surface area contributed by atoms with E-state index in [2.05, 4.69) is 27.3 Å². The Morgan fingerprint density at radius 3 is 2.64 bits per heavy atom. The molecule has 0 spiro atoms. The van der Waals surface area contributed by atoms with E-state index in [4.69, 9.17) is 0 Å². The van der Waals surface area contributed by atoms with Crippen LogP contribution in [0.25, 0.3) is 0 Å². The van der Waals surface area contributed by atoms with E-state index in [1.807, 2.05) is 11.0 Å². The third-order valence-corrected chi connectivity index (χ3v) is 5.29. The number of hydrogen-bond acceptors (Lipinski definition) is 4. The minimum atomic E-state index is -0.271. The molecular formula is C22H17FN4O. The van der Waals surface area contributed by atoms with Gasteiger partial charge in [-0.2, -0.15) is 10.2 Å². The van der Waals surface area contributed by atoms with Crippen molar-refractivity contribution in [2.75, 3.05) is 0 Å². The summed E-state index contributed by atoms with van der Waals surface area (Å²) >= 11 is 0. The van der Waals surface area contributed by atoms with Gasteiger partial charge in [0.15, 0.2) is 0 Å². The van der Waals surface area contributed by atoms with E-state index < -0.39 is 0 Å². The lowest BCUT2D eigenvalue weighted by atomic mass is 9.91. The summed E-state index contributed by atoms with van der Waals surface area (Å²) in [6, 6.07) is 12.5. The van der Waals surface area contributed by atoms with Crippen LogP contribution in [-0.2, 0) is 30.8 Å². The molecule has 5 nitrogen and oxygen atoms in total. The van der Waals surface area contributed by atoms with Crippen LogP contribution in [0.15, 0.2) is 59.9 Å². The van der Waals surface area contributed by atoms with Crippen molar-refractivity contribution in [2.24, 2.45) is 4.99 Å². The fraction of sp³-hybridized carbons (Fsp3) is 0.182. The number of amides is 1. The van der Waals surface area contributed by atoms with E-state index in [9.17, 15) is 9.18 Å². The molecule has 6 heteroatoms. The van der Waals surface area contributed by atoms with Crippen molar-refractivity contribution in [3.05, 3.63) is 94.1 Å². The van der Waals surface area contributed by atoms with Crippen LogP contribution >= 0.6 is 0 Å². The Hall–Kier alpha value is -3.41. The van der Waals surface area contributed by atoms with Crippen LogP contribution in [-0.4, -0.2) is 26.7 Å². The molecule has 1 aromatic heterocycles. The molecule has 138 valence electrons. The molecule has 0 saturated heterocycles. The van der Waals surface area contributed by atoms with Gasteiger partial charge in [0.1, 0.15) is 5.82 Å². The maximum atomic E-state index is 13.1. The van der Waals surface area contributed by atoms with Crippen molar-refractivity contribution in [3.63, 3.8) is 0 Å². The number of nitrogens with zero attached hydrogens (tertiary/aromatic N) is 4. The third-order valence-electron chi connectivity index (χ3n) is 5.29. The molecule has 0 radical (unpaired) electrons. The second-order valence-electron chi connectivity index (χ2n) is 7.13. The standard InChI is InChI=1S/C22H17FN4O/c23-19-3-1-14(2-4-19)12-27-13-18-8-20-17(7-16(18)9-21(27)28)10-24-22(20)15-5-6-25-26-11-15/h1-8,11H,9-10,12-13H2. The van der Waals surface area contributed by atoms with Gasteiger partial charge in [0.2, 0.25) is 5.91 Å². The SMILES string of the molecule is O=C1Cc2cc3c(cc2CN1Cc1ccc(F)cc1)C(c1ccnnc1)=NC3. The van der Waals surface area contributed by atoms with Crippen molar-refractivity contribution in [1.82, 2.24) is 15.1 Å². The quantitative estimate of drug-likeness (QED) is 0.710. The molecule has 2 aromatic carbocycles. The summed E-state index contributed by atoms with van der Waals surface area (Å²) in [4.78, 5) is 19.1. The molecule has 0 unspecified atom stereocenters. The van der Waals surface area contributed by atoms with E-state index in [-0.39, 0.29) is 11.7 Å². The molecule has 2 aliphatic rings. The Morgan fingerprint density at radius 2 is 1.86 bits per heavy atom. The number of carbonyl (C=O) groups is 1. The first-order valence-electron chi connectivity index (χ1n) is 9.16. The van der Waals surface area contributed by atoms with Crippen LogP contribution in [0.2, 0.25) is 0 Å². The maximum absolute atomic E-state index is 13.1. The molecule has 0 aliphatic carbocycles. The predicted molar refractivity (Wildman–Crippen MR) is 102 cm³/mol. The number of rotatable bonds is 3. The van der Waals surface area contributed by atoms with E-state index in [1.54, 1.807) is 24.5 Å². The Bertz CT molecular complexity index is 1090. The third kappa shape index (κ3) is 2.97. The molecule has 0 atom stereocenters. The van der Waals surface area contributed by atoms with Crippen LogP contribution in [0.1, 0.15) is 33.4 Å². The summed E-state index contributed by atoms with van der Waals surface area (Å²) in [7, 11) is 0. The minimum absolute atomic E-state index is 0.0919. The van der Waals surface area contributed by atoms with Crippen LogP contribution in [0.5, 0.6) is 0 Å². The van der Waals surface area contributed by atoms with Gasteiger partial charge in [0.25, 0.3) is 0 Å². The zero-order valence-electron chi connectivity index (χ0n) is 15.1. The number of aliphatic imine (C=N–C) groups is 1. The fourth-order valence-electron chi connectivity index (χ4n) is 3.85. The highest BCUT2D eigenvalue weighted by Gasteiger charge is 2.27. The van der Waals surface area contributed by atoms with Crippen molar-refractivity contribution in [1.29, 1.82) is 0 Å². The smallest absolute Gasteiger partial charge is 0.227 e. The second kappa shape index (κ2) is 6.64. The van der Waals surface area contributed by atoms with Gasteiger partial charge in [-0.1, -0.05) is 18.2 Å². The van der Waals surface area contributed by atoms with Gasteiger partial charge < -0.3 is 4.90 Å².